The zero-order valence-corrected chi connectivity index (χ0v) is 22.3. The second-order valence-corrected chi connectivity index (χ2v) is 8.40. The van der Waals surface area contributed by atoms with E-state index in [9.17, 15) is 4.79 Å². The molecule has 0 aliphatic carbocycles. The Bertz CT molecular complexity index is 1310. The quantitative estimate of drug-likeness (QED) is 0.242. The van der Waals surface area contributed by atoms with E-state index in [1.54, 1.807) is 30.5 Å². The molecule has 1 aromatic heterocycles. The van der Waals surface area contributed by atoms with Crippen molar-refractivity contribution in [3.63, 3.8) is 0 Å². The molecule has 3 aromatic rings. The summed E-state index contributed by atoms with van der Waals surface area (Å²) in [5.74, 6) is 0.314. The summed E-state index contributed by atoms with van der Waals surface area (Å²) in [5, 5.41) is 0.745. The molecule has 4 N–H and O–H groups in total. The van der Waals surface area contributed by atoms with Crippen molar-refractivity contribution in [3.05, 3.63) is 81.0 Å². The van der Waals surface area contributed by atoms with Crippen LogP contribution >= 0.6 is 40.7 Å². The third kappa shape index (κ3) is 6.85. The van der Waals surface area contributed by atoms with Crippen molar-refractivity contribution >= 4 is 75.0 Å². The smallest absolute Gasteiger partial charge is 0.247 e. The molecule has 35 heavy (non-hydrogen) atoms. The summed E-state index contributed by atoms with van der Waals surface area (Å²) in [5.41, 5.74) is 14.4. The Morgan fingerprint density at radius 2 is 1.94 bits per heavy atom. The molecular weight excluding hydrogens is 553 g/mol. The van der Waals surface area contributed by atoms with Crippen molar-refractivity contribution < 1.29 is 9.53 Å². The third-order valence-electron chi connectivity index (χ3n) is 5.32. The van der Waals surface area contributed by atoms with E-state index in [1.807, 2.05) is 18.2 Å². The molecule has 0 aliphatic rings. The largest absolute Gasteiger partial charge is 0.496 e. The maximum absolute atomic E-state index is 13.1. The SMILES string of the molecule is Cl.Cl.[C-]#[N+]/C(=C\c1cc([N+]#[C-])ccc1OC)c1cn(C(=O)[C@H](N)CCCCN)c2ccc(Br)cc12. The summed E-state index contributed by atoms with van der Waals surface area (Å²) in [6, 6.07) is 9.91. The van der Waals surface area contributed by atoms with E-state index >= 15 is 0 Å². The molecule has 0 aliphatic heterocycles. The van der Waals surface area contributed by atoms with Crippen LogP contribution in [0.1, 0.15) is 35.2 Å². The van der Waals surface area contributed by atoms with Gasteiger partial charge < -0.3 is 16.2 Å². The molecule has 2 aromatic carbocycles. The first-order valence-electron chi connectivity index (χ1n) is 10.4. The van der Waals surface area contributed by atoms with E-state index in [0.29, 0.717) is 46.7 Å². The van der Waals surface area contributed by atoms with Crippen LogP contribution in [0.4, 0.5) is 5.69 Å². The predicted octanol–water partition coefficient (Wildman–Crippen LogP) is 6.32. The predicted molar refractivity (Wildman–Crippen MR) is 149 cm³/mol. The minimum absolute atomic E-state index is 0. The van der Waals surface area contributed by atoms with Gasteiger partial charge >= 0.3 is 0 Å². The van der Waals surface area contributed by atoms with Gasteiger partial charge in [-0.3, -0.25) is 9.36 Å². The van der Waals surface area contributed by atoms with Crippen LogP contribution < -0.4 is 16.2 Å². The van der Waals surface area contributed by atoms with Crippen LogP contribution in [-0.2, 0) is 0 Å². The zero-order valence-electron chi connectivity index (χ0n) is 19.0. The molecule has 0 spiro atoms. The number of rotatable bonds is 8. The molecule has 0 saturated carbocycles. The van der Waals surface area contributed by atoms with Gasteiger partial charge in [0.2, 0.25) is 5.91 Å². The number of ether oxygens (including phenoxy) is 1. The number of halogens is 3. The Hall–Kier alpha value is -2.85. The highest BCUT2D eigenvalue weighted by molar-refractivity contribution is 9.10. The van der Waals surface area contributed by atoms with Crippen LogP contribution in [0.25, 0.3) is 32.4 Å². The molecular formula is C25H26BrCl2N5O2. The summed E-state index contributed by atoms with van der Waals surface area (Å²) in [7, 11) is 1.54. The molecule has 3 rings (SSSR count). The Morgan fingerprint density at radius 1 is 1.20 bits per heavy atom. The first-order valence-corrected chi connectivity index (χ1v) is 11.2. The first kappa shape index (κ1) is 30.2. The fourth-order valence-corrected chi connectivity index (χ4v) is 3.98. The van der Waals surface area contributed by atoms with Gasteiger partial charge in [-0.25, -0.2) is 9.69 Å². The molecule has 0 saturated heterocycles. The van der Waals surface area contributed by atoms with Gasteiger partial charge in [-0.15, -0.1) is 24.8 Å². The summed E-state index contributed by atoms with van der Waals surface area (Å²) in [4.78, 5) is 20.3. The lowest BCUT2D eigenvalue weighted by Gasteiger charge is -2.12. The Labute approximate surface area is 225 Å². The summed E-state index contributed by atoms with van der Waals surface area (Å²) in [6.07, 6.45) is 5.45. The molecule has 0 fully saturated rings. The van der Waals surface area contributed by atoms with Crippen molar-refractivity contribution in [1.29, 1.82) is 0 Å². The number of carbonyl (C=O) groups excluding carboxylic acids is 1. The highest BCUT2D eigenvalue weighted by atomic mass is 79.9. The number of nitrogens with two attached hydrogens (primary N) is 2. The summed E-state index contributed by atoms with van der Waals surface area (Å²) < 4.78 is 7.76. The monoisotopic (exact) mass is 577 g/mol. The number of fused-ring (bicyclic) bond motifs is 1. The maximum atomic E-state index is 13.1. The lowest BCUT2D eigenvalue weighted by atomic mass is 10.1. The van der Waals surface area contributed by atoms with Gasteiger partial charge in [-0.2, -0.15) is 0 Å². The summed E-state index contributed by atoms with van der Waals surface area (Å²) >= 11 is 3.48. The number of carbonyl (C=O) groups is 1. The van der Waals surface area contributed by atoms with Crippen molar-refractivity contribution in [1.82, 2.24) is 4.57 Å². The second-order valence-electron chi connectivity index (χ2n) is 7.48. The molecule has 1 heterocycles. The standard InChI is InChI=1S/C25H24BrN5O2.2ClH/c1-29-18-8-10-24(33-3)16(12-18)13-22(30-2)20-15-31(23-9-7-17(26)14-19(20)23)25(32)21(28)6-4-5-11-27;;/h7-10,12-15,21H,4-6,11,27-28H2,3H3;2*1H/b22-13-;;/t21-;;/m1../s1. The van der Waals surface area contributed by atoms with E-state index in [0.717, 1.165) is 22.7 Å². The van der Waals surface area contributed by atoms with E-state index in [4.69, 9.17) is 29.3 Å². The zero-order chi connectivity index (χ0) is 24.0. The van der Waals surface area contributed by atoms with Crippen LogP contribution in [0.5, 0.6) is 5.75 Å². The van der Waals surface area contributed by atoms with Crippen LogP contribution in [0.3, 0.4) is 0 Å². The lowest BCUT2D eigenvalue weighted by molar-refractivity contribution is 0.0879. The molecule has 7 nitrogen and oxygen atoms in total. The fourth-order valence-electron chi connectivity index (χ4n) is 3.62. The Morgan fingerprint density at radius 3 is 2.57 bits per heavy atom. The molecule has 0 amide bonds. The second kappa shape index (κ2) is 13.9. The Balaban J connectivity index is 0.00000306. The van der Waals surface area contributed by atoms with Crippen LogP contribution in [-0.4, -0.2) is 30.2 Å². The van der Waals surface area contributed by atoms with Gasteiger partial charge in [-0.1, -0.05) is 28.4 Å². The van der Waals surface area contributed by atoms with Crippen LogP contribution in [0, 0.1) is 13.1 Å². The topological polar surface area (TPSA) is 92.0 Å². The normalized spacial score (nSPS) is 11.5. The number of benzene rings is 2. The third-order valence-corrected chi connectivity index (χ3v) is 5.81. The number of hydrogen-bond acceptors (Lipinski definition) is 4. The number of unbranched alkanes of at least 4 members (excludes halogenated alkanes) is 1. The van der Waals surface area contributed by atoms with E-state index < -0.39 is 6.04 Å². The van der Waals surface area contributed by atoms with E-state index in [-0.39, 0.29) is 30.7 Å². The van der Waals surface area contributed by atoms with E-state index in [1.165, 1.54) is 11.7 Å². The highest BCUT2D eigenvalue weighted by Gasteiger charge is 2.21. The first-order chi connectivity index (χ1) is 15.9. The summed E-state index contributed by atoms with van der Waals surface area (Å²) in [6.45, 7) is 15.7. The van der Waals surface area contributed by atoms with Crippen molar-refractivity contribution in [2.24, 2.45) is 11.5 Å². The molecule has 184 valence electrons. The molecule has 0 unspecified atom stereocenters. The van der Waals surface area contributed by atoms with Crippen LogP contribution in [0.2, 0.25) is 0 Å². The average molecular weight is 579 g/mol. The number of nitrogens with zero attached hydrogens (tertiary/aromatic N) is 3. The minimum atomic E-state index is -0.667. The van der Waals surface area contributed by atoms with Crippen LogP contribution in [0.15, 0.2) is 47.1 Å². The molecule has 0 radical (unpaired) electrons. The molecule has 10 heteroatoms. The van der Waals surface area contributed by atoms with Crippen molar-refractivity contribution in [2.75, 3.05) is 13.7 Å². The van der Waals surface area contributed by atoms with Crippen molar-refractivity contribution in [3.8, 4) is 5.75 Å². The van der Waals surface area contributed by atoms with Gasteiger partial charge in [0.05, 0.1) is 31.8 Å². The number of methoxy groups -OCH3 is 1. The Kier molecular flexibility index (Phi) is 12.0. The van der Waals surface area contributed by atoms with E-state index in [2.05, 4.69) is 25.6 Å². The van der Waals surface area contributed by atoms with Gasteiger partial charge in [0.15, 0.2) is 11.4 Å². The minimum Gasteiger partial charge on any atom is -0.496 e. The number of aromatic nitrogens is 1. The maximum Gasteiger partial charge on any atom is 0.247 e. The van der Waals surface area contributed by atoms with Crippen molar-refractivity contribution in [2.45, 2.75) is 25.3 Å². The van der Waals surface area contributed by atoms with Gasteiger partial charge in [-0.05, 0) is 66.7 Å². The fraction of sp³-hybridized carbons (Fsp3) is 0.240. The highest BCUT2D eigenvalue weighted by Crippen LogP contribution is 2.34. The number of hydrogen-bond donors (Lipinski definition) is 2. The lowest BCUT2D eigenvalue weighted by Crippen LogP contribution is -2.34. The molecule has 0 bridgehead atoms. The molecule has 1 atom stereocenters. The van der Waals surface area contributed by atoms with Gasteiger partial charge in [0, 0.05) is 16.2 Å². The average Bonchev–Trinajstić information content (AvgIpc) is 3.20. The van der Waals surface area contributed by atoms with Gasteiger partial charge in [0.1, 0.15) is 5.75 Å². The van der Waals surface area contributed by atoms with Gasteiger partial charge in [0.25, 0.3) is 0 Å².